The Balaban J connectivity index is 1.42. The van der Waals surface area contributed by atoms with Crippen LogP contribution in [0.2, 0.25) is 0 Å². The number of nitrogens with one attached hydrogen (secondary N) is 1. The standard InChI is InChI=1S/C18H20N4O2/c1-21-10-8-14-16(21)3-2-4-17(14)24-13-6-11-22(12-7-13)18(23)15-5-9-19-20-15/h2-5,8-10,13H,6-7,11-12H2,1H3,(H,19,20). The lowest BCUT2D eigenvalue weighted by Gasteiger charge is -2.32. The maximum atomic E-state index is 12.3. The molecule has 0 unspecified atom stereocenters. The highest BCUT2D eigenvalue weighted by Gasteiger charge is 2.25. The minimum Gasteiger partial charge on any atom is -0.490 e. The maximum Gasteiger partial charge on any atom is 0.271 e. The van der Waals surface area contributed by atoms with E-state index in [-0.39, 0.29) is 12.0 Å². The molecule has 1 saturated heterocycles. The van der Waals surface area contributed by atoms with Crippen LogP contribution in [0.5, 0.6) is 5.75 Å². The van der Waals surface area contributed by atoms with E-state index in [1.165, 1.54) is 5.52 Å². The predicted molar refractivity (Wildman–Crippen MR) is 91.1 cm³/mol. The lowest BCUT2D eigenvalue weighted by atomic mass is 10.1. The summed E-state index contributed by atoms with van der Waals surface area (Å²) >= 11 is 0. The van der Waals surface area contributed by atoms with Crippen LogP contribution in [0.3, 0.4) is 0 Å². The van der Waals surface area contributed by atoms with Gasteiger partial charge in [-0.3, -0.25) is 9.89 Å². The molecule has 0 radical (unpaired) electrons. The topological polar surface area (TPSA) is 63.1 Å². The average Bonchev–Trinajstić information content (AvgIpc) is 3.26. The van der Waals surface area contributed by atoms with Crippen LogP contribution in [0.4, 0.5) is 0 Å². The van der Waals surface area contributed by atoms with Crippen LogP contribution in [0.1, 0.15) is 23.3 Å². The first-order valence-electron chi connectivity index (χ1n) is 8.22. The Labute approximate surface area is 140 Å². The first kappa shape index (κ1) is 14.8. The molecule has 0 bridgehead atoms. The number of aromatic amines is 1. The summed E-state index contributed by atoms with van der Waals surface area (Å²) in [6.45, 7) is 1.40. The Morgan fingerprint density at radius 2 is 2.08 bits per heavy atom. The molecule has 1 aliphatic heterocycles. The molecule has 0 atom stereocenters. The molecule has 1 fully saturated rings. The van der Waals surface area contributed by atoms with Gasteiger partial charge in [-0.05, 0) is 24.3 Å². The molecule has 3 heterocycles. The third kappa shape index (κ3) is 2.64. The van der Waals surface area contributed by atoms with Crippen molar-refractivity contribution in [1.29, 1.82) is 0 Å². The van der Waals surface area contributed by atoms with Gasteiger partial charge in [0, 0.05) is 50.8 Å². The fourth-order valence-electron chi connectivity index (χ4n) is 3.28. The molecule has 1 N–H and O–H groups in total. The van der Waals surface area contributed by atoms with Crippen LogP contribution in [-0.2, 0) is 7.05 Å². The predicted octanol–water partition coefficient (Wildman–Crippen LogP) is 2.59. The van der Waals surface area contributed by atoms with E-state index in [1.54, 1.807) is 12.3 Å². The molecule has 0 spiro atoms. The highest BCUT2D eigenvalue weighted by Crippen LogP contribution is 2.28. The molecule has 6 heteroatoms. The maximum absolute atomic E-state index is 12.3. The van der Waals surface area contributed by atoms with E-state index in [9.17, 15) is 4.79 Å². The normalized spacial score (nSPS) is 15.8. The number of aryl methyl sites for hydroxylation is 1. The van der Waals surface area contributed by atoms with Gasteiger partial charge in [-0.1, -0.05) is 6.07 Å². The van der Waals surface area contributed by atoms with Gasteiger partial charge in [-0.25, -0.2) is 0 Å². The summed E-state index contributed by atoms with van der Waals surface area (Å²) in [5.41, 5.74) is 1.71. The van der Waals surface area contributed by atoms with Gasteiger partial charge in [-0.2, -0.15) is 5.10 Å². The lowest BCUT2D eigenvalue weighted by molar-refractivity contribution is 0.0592. The number of rotatable bonds is 3. The molecule has 1 aromatic carbocycles. The first-order chi connectivity index (χ1) is 11.7. The van der Waals surface area contributed by atoms with Crippen LogP contribution < -0.4 is 4.74 Å². The zero-order valence-electron chi connectivity index (χ0n) is 13.6. The molecule has 2 aromatic heterocycles. The molecule has 0 saturated carbocycles. The average molecular weight is 324 g/mol. The Morgan fingerprint density at radius 1 is 1.25 bits per heavy atom. The Morgan fingerprint density at radius 3 is 2.83 bits per heavy atom. The van der Waals surface area contributed by atoms with Gasteiger partial charge in [0.2, 0.25) is 0 Å². The van der Waals surface area contributed by atoms with Crippen molar-refractivity contribution in [2.75, 3.05) is 13.1 Å². The first-order valence-corrected chi connectivity index (χ1v) is 8.22. The summed E-state index contributed by atoms with van der Waals surface area (Å²) in [6.07, 6.45) is 5.46. The number of ether oxygens (including phenoxy) is 1. The highest BCUT2D eigenvalue weighted by molar-refractivity contribution is 5.92. The number of H-pyrrole nitrogens is 1. The number of carbonyl (C=O) groups excluding carboxylic acids is 1. The zero-order valence-corrected chi connectivity index (χ0v) is 13.6. The molecule has 1 aliphatic rings. The highest BCUT2D eigenvalue weighted by atomic mass is 16.5. The molecule has 1 amide bonds. The second kappa shape index (κ2) is 6.03. The van der Waals surface area contributed by atoms with Crippen molar-refractivity contribution < 1.29 is 9.53 Å². The van der Waals surface area contributed by atoms with Crippen LogP contribution >= 0.6 is 0 Å². The van der Waals surface area contributed by atoms with E-state index in [1.807, 2.05) is 30.3 Å². The number of nitrogens with zero attached hydrogens (tertiary/aromatic N) is 3. The SMILES string of the molecule is Cn1ccc2c(OC3CCN(C(=O)c4ccn[nH]4)CC3)cccc21. The summed E-state index contributed by atoms with van der Waals surface area (Å²) in [4.78, 5) is 14.2. The van der Waals surface area contributed by atoms with Crippen LogP contribution in [0.15, 0.2) is 42.7 Å². The number of carbonyl (C=O) groups is 1. The van der Waals surface area contributed by atoms with E-state index < -0.39 is 0 Å². The van der Waals surface area contributed by atoms with Gasteiger partial charge in [0.1, 0.15) is 17.5 Å². The third-order valence-corrected chi connectivity index (χ3v) is 4.64. The Bertz CT molecular complexity index is 845. The number of hydrogen-bond acceptors (Lipinski definition) is 3. The zero-order chi connectivity index (χ0) is 16.5. The number of fused-ring (bicyclic) bond motifs is 1. The van der Waals surface area contributed by atoms with Crippen molar-refractivity contribution in [3.8, 4) is 5.75 Å². The fourth-order valence-corrected chi connectivity index (χ4v) is 3.28. The van der Waals surface area contributed by atoms with Crippen LogP contribution in [0.25, 0.3) is 10.9 Å². The fraction of sp³-hybridized carbons (Fsp3) is 0.333. The Kier molecular flexibility index (Phi) is 3.72. The number of likely N-dealkylation sites (tertiary alicyclic amines) is 1. The molecule has 124 valence electrons. The quantitative estimate of drug-likeness (QED) is 0.805. The van der Waals surface area contributed by atoms with Crippen molar-refractivity contribution in [2.24, 2.45) is 7.05 Å². The summed E-state index contributed by atoms with van der Waals surface area (Å²) in [6, 6.07) is 9.93. The summed E-state index contributed by atoms with van der Waals surface area (Å²) in [5.74, 6) is 0.933. The molecule has 3 aromatic rings. The van der Waals surface area contributed by atoms with E-state index >= 15 is 0 Å². The smallest absolute Gasteiger partial charge is 0.271 e. The second-order valence-corrected chi connectivity index (χ2v) is 6.20. The van der Waals surface area contributed by atoms with Gasteiger partial charge < -0.3 is 14.2 Å². The molecule has 4 rings (SSSR count). The van der Waals surface area contributed by atoms with Crippen molar-refractivity contribution in [3.63, 3.8) is 0 Å². The van der Waals surface area contributed by atoms with Gasteiger partial charge >= 0.3 is 0 Å². The van der Waals surface area contributed by atoms with Gasteiger partial charge in [0.05, 0.1) is 5.52 Å². The van der Waals surface area contributed by atoms with E-state index in [0.717, 1.165) is 24.0 Å². The van der Waals surface area contributed by atoms with Crippen LogP contribution in [-0.4, -0.2) is 44.8 Å². The van der Waals surface area contributed by atoms with E-state index in [4.69, 9.17) is 4.74 Å². The number of aromatic nitrogens is 3. The Hall–Kier alpha value is -2.76. The molecule has 0 aliphatic carbocycles. The minimum absolute atomic E-state index is 0.0103. The van der Waals surface area contributed by atoms with Gasteiger partial charge in [-0.15, -0.1) is 0 Å². The monoisotopic (exact) mass is 324 g/mol. The lowest BCUT2D eigenvalue weighted by Crippen LogP contribution is -2.41. The second-order valence-electron chi connectivity index (χ2n) is 6.20. The van der Waals surface area contributed by atoms with Crippen LogP contribution in [0, 0.1) is 0 Å². The molecular formula is C18H20N4O2. The van der Waals surface area contributed by atoms with E-state index in [0.29, 0.717) is 18.8 Å². The largest absolute Gasteiger partial charge is 0.490 e. The number of piperidine rings is 1. The van der Waals surface area contributed by atoms with Crippen molar-refractivity contribution in [3.05, 3.63) is 48.4 Å². The van der Waals surface area contributed by atoms with E-state index in [2.05, 4.69) is 26.9 Å². The minimum atomic E-state index is 0.0103. The molecule has 24 heavy (non-hydrogen) atoms. The number of hydrogen-bond donors (Lipinski definition) is 1. The van der Waals surface area contributed by atoms with Gasteiger partial charge in [0.25, 0.3) is 5.91 Å². The summed E-state index contributed by atoms with van der Waals surface area (Å²) in [7, 11) is 2.03. The van der Waals surface area contributed by atoms with Crippen molar-refractivity contribution in [1.82, 2.24) is 19.7 Å². The van der Waals surface area contributed by atoms with Crippen molar-refractivity contribution in [2.45, 2.75) is 18.9 Å². The third-order valence-electron chi connectivity index (χ3n) is 4.64. The summed E-state index contributed by atoms with van der Waals surface area (Å²) < 4.78 is 8.32. The molecule has 6 nitrogen and oxygen atoms in total. The number of benzene rings is 1. The molecular weight excluding hydrogens is 304 g/mol. The van der Waals surface area contributed by atoms with Gasteiger partial charge in [0.15, 0.2) is 0 Å². The summed E-state index contributed by atoms with van der Waals surface area (Å²) in [5, 5.41) is 7.71. The number of amides is 1. The van der Waals surface area contributed by atoms with Crippen molar-refractivity contribution >= 4 is 16.8 Å².